The number of oxime groups is 1. The minimum atomic E-state index is 0.225. The molecule has 1 N–H and O–H groups in total. The van der Waals surface area contributed by atoms with E-state index in [2.05, 4.69) is 38.9 Å². The van der Waals surface area contributed by atoms with Crippen molar-refractivity contribution < 1.29 is 5.21 Å². The van der Waals surface area contributed by atoms with E-state index in [0.717, 1.165) is 0 Å². The fourth-order valence-corrected chi connectivity index (χ4v) is 0.583. The molecule has 0 radical (unpaired) electrons. The van der Waals surface area contributed by atoms with Crippen molar-refractivity contribution in [3.8, 4) is 0 Å². The molecule has 0 spiro atoms. The van der Waals surface area contributed by atoms with E-state index in [4.69, 9.17) is 5.21 Å². The van der Waals surface area contributed by atoms with Gasteiger partial charge < -0.3 is 5.21 Å². The van der Waals surface area contributed by atoms with Gasteiger partial charge in [-0.25, -0.2) is 0 Å². The fraction of sp³-hybridized carbons (Fsp3) is 0.667. The van der Waals surface area contributed by atoms with E-state index in [9.17, 15) is 0 Å². The van der Waals surface area contributed by atoms with Gasteiger partial charge in [0.25, 0.3) is 0 Å². The maximum Gasteiger partial charge on any atom is 0.0473 e. The third-order valence-corrected chi connectivity index (χ3v) is 1.79. The molecule has 0 saturated carbocycles. The van der Waals surface area contributed by atoms with E-state index in [0.29, 0.717) is 6.42 Å². The van der Waals surface area contributed by atoms with Crippen LogP contribution in [0.4, 0.5) is 0 Å². The highest BCUT2D eigenvalue weighted by Gasteiger charge is 2.10. The Hall–Kier alpha value is -0.790. The van der Waals surface area contributed by atoms with Gasteiger partial charge in [-0.15, -0.1) is 5.16 Å². The van der Waals surface area contributed by atoms with Crippen molar-refractivity contribution in [2.45, 2.75) is 34.1 Å². The van der Waals surface area contributed by atoms with Gasteiger partial charge in [0, 0.05) is 12.6 Å². The highest BCUT2D eigenvalue weighted by molar-refractivity contribution is 5.58. The van der Waals surface area contributed by atoms with Gasteiger partial charge in [0.05, 0.1) is 0 Å². The SMILES string of the molecule is CC(=CCC=NO)C(C)(C)C. The van der Waals surface area contributed by atoms with Crippen LogP contribution >= 0.6 is 0 Å². The van der Waals surface area contributed by atoms with Crippen LogP contribution in [0.15, 0.2) is 16.8 Å². The van der Waals surface area contributed by atoms with Gasteiger partial charge in [0.1, 0.15) is 0 Å². The van der Waals surface area contributed by atoms with Crippen LogP contribution in [0.1, 0.15) is 34.1 Å². The average Bonchev–Trinajstić information content (AvgIpc) is 1.86. The van der Waals surface area contributed by atoms with Crippen LogP contribution in [0, 0.1) is 5.41 Å². The van der Waals surface area contributed by atoms with E-state index >= 15 is 0 Å². The van der Waals surface area contributed by atoms with E-state index < -0.39 is 0 Å². The lowest BCUT2D eigenvalue weighted by atomic mass is 9.87. The molecule has 0 unspecified atom stereocenters. The Morgan fingerprint density at radius 1 is 1.45 bits per heavy atom. The topological polar surface area (TPSA) is 32.6 Å². The fourth-order valence-electron chi connectivity index (χ4n) is 0.583. The molecule has 0 aromatic carbocycles. The van der Waals surface area contributed by atoms with Gasteiger partial charge in [-0.05, 0) is 12.3 Å². The van der Waals surface area contributed by atoms with Crippen LogP contribution < -0.4 is 0 Å². The second-order valence-corrected chi connectivity index (χ2v) is 3.67. The Morgan fingerprint density at radius 2 is 2.00 bits per heavy atom. The minimum Gasteiger partial charge on any atom is -0.411 e. The summed E-state index contributed by atoms with van der Waals surface area (Å²) in [5.41, 5.74) is 1.54. The van der Waals surface area contributed by atoms with Crippen LogP contribution in [-0.2, 0) is 0 Å². The van der Waals surface area contributed by atoms with Gasteiger partial charge in [-0.2, -0.15) is 0 Å². The van der Waals surface area contributed by atoms with Gasteiger partial charge in [-0.1, -0.05) is 32.4 Å². The van der Waals surface area contributed by atoms with Crippen molar-refractivity contribution in [2.75, 3.05) is 0 Å². The predicted octanol–water partition coefficient (Wildman–Crippen LogP) is 2.83. The summed E-state index contributed by atoms with van der Waals surface area (Å²) < 4.78 is 0. The van der Waals surface area contributed by atoms with Gasteiger partial charge in [-0.3, -0.25) is 0 Å². The Bertz CT molecular complexity index is 163. The Labute approximate surface area is 68.6 Å². The zero-order valence-corrected chi connectivity index (χ0v) is 7.76. The quantitative estimate of drug-likeness (QED) is 0.283. The molecular formula is C9H17NO. The summed E-state index contributed by atoms with van der Waals surface area (Å²) in [6, 6.07) is 0. The second-order valence-electron chi connectivity index (χ2n) is 3.67. The molecule has 0 rings (SSSR count). The van der Waals surface area contributed by atoms with Crippen molar-refractivity contribution in [1.29, 1.82) is 0 Å². The molecule has 0 aromatic rings. The zero-order valence-electron chi connectivity index (χ0n) is 7.76. The van der Waals surface area contributed by atoms with Crippen LogP contribution in [0.5, 0.6) is 0 Å². The van der Waals surface area contributed by atoms with Crippen molar-refractivity contribution in [3.05, 3.63) is 11.6 Å². The normalized spacial score (nSPS) is 14.4. The maximum absolute atomic E-state index is 8.12. The highest BCUT2D eigenvalue weighted by Crippen LogP contribution is 2.24. The van der Waals surface area contributed by atoms with E-state index in [1.165, 1.54) is 11.8 Å². The molecule has 2 nitrogen and oxygen atoms in total. The molecule has 0 saturated heterocycles. The molecule has 0 fully saturated rings. The molecule has 11 heavy (non-hydrogen) atoms. The first-order chi connectivity index (χ1) is 4.98. The number of allylic oxidation sites excluding steroid dienone is 2. The van der Waals surface area contributed by atoms with Crippen LogP contribution in [-0.4, -0.2) is 11.4 Å². The average molecular weight is 155 g/mol. The molecule has 0 bridgehead atoms. The van der Waals surface area contributed by atoms with Crippen molar-refractivity contribution >= 4 is 6.21 Å². The summed E-state index contributed by atoms with van der Waals surface area (Å²) in [7, 11) is 0. The Morgan fingerprint density at radius 3 is 2.36 bits per heavy atom. The Balaban J connectivity index is 4.01. The maximum atomic E-state index is 8.12. The monoisotopic (exact) mass is 155 g/mol. The largest absolute Gasteiger partial charge is 0.411 e. The smallest absolute Gasteiger partial charge is 0.0473 e. The predicted molar refractivity (Wildman–Crippen MR) is 48.1 cm³/mol. The van der Waals surface area contributed by atoms with Crippen LogP contribution in [0.3, 0.4) is 0 Å². The summed E-state index contributed by atoms with van der Waals surface area (Å²) in [5.74, 6) is 0. The molecule has 0 heterocycles. The lowest BCUT2D eigenvalue weighted by molar-refractivity contribution is 0.321. The molecule has 0 aliphatic heterocycles. The van der Waals surface area contributed by atoms with Gasteiger partial charge in [0.2, 0.25) is 0 Å². The molecule has 0 aliphatic rings. The number of hydrogen-bond acceptors (Lipinski definition) is 2. The van der Waals surface area contributed by atoms with Gasteiger partial charge in [0.15, 0.2) is 0 Å². The number of nitrogens with zero attached hydrogens (tertiary/aromatic N) is 1. The molecule has 0 aromatic heterocycles. The van der Waals surface area contributed by atoms with Crippen LogP contribution in [0.2, 0.25) is 0 Å². The molecule has 0 atom stereocenters. The summed E-state index contributed by atoms with van der Waals surface area (Å²) in [6.07, 6.45) is 4.26. The van der Waals surface area contributed by atoms with E-state index in [1.54, 1.807) is 0 Å². The molecule has 0 amide bonds. The van der Waals surface area contributed by atoms with E-state index in [1.807, 2.05) is 0 Å². The van der Waals surface area contributed by atoms with E-state index in [-0.39, 0.29) is 5.41 Å². The summed E-state index contributed by atoms with van der Waals surface area (Å²) in [5, 5.41) is 11.0. The summed E-state index contributed by atoms with van der Waals surface area (Å²) in [6.45, 7) is 8.57. The number of rotatable bonds is 2. The summed E-state index contributed by atoms with van der Waals surface area (Å²) in [4.78, 5) is 0. The first-order valence-corrected chi connectivity index (χ1v) is 3.81. The highest BCUT2D eigenvalue weighted by atomic mass is 16.4. The standard InChI is InChI=1S/C9H17NO/c1-8(9(2,3)4)6-5-7-10-11/h6-7,11H,5H2,1-4H3. The third kappa shape index (κ3) is 4.59. The summed E-state index contributed by atoms with van der Waals surface area (Å²) >= 11 is 0. The third-order valence-electron chi connectivity index (χ3n) is 1.79. The van der Waals surface area contributed by atoms with Crippen LogP contribution in [0.25, 0.3) is 0 Å². The minimum absolute atomic E-state index is 0.225. The van der Waals surface area contributed by atoms with Crippen molar-refractivity contribution in [2.24, 2.45) is 10.6 Å². The Kier molecular flexibility index (Phi) is 3.86. The first kappa shape index (κ1) is 10.2. The van der Waals surface area contributed by atoms with Crippen molar-refractivity contribution in [1.82, 2.24) is 0 Å². The van der Waals surface area contributed by atoms with Gasteiger partial charge >= 0.3 is 0 Å². The zero-order chi connectivity index (χ0) is 8.91. The van der Waals surface area contributed by atoms with Crippen molar-refractivity contribution in [3.63, 3.8) is 0 Å². The first-order valence-electron chi connectivity index (χ1n) is 3.81. The lowest BCUT2D eigenvalue weighted by Gasteiger charge is -2.18. The lowest BCUT2D eigenvalue weighted by Crippen LogP contribution is -2.06. The molecular weight excluding hydrogens is 138 g/mol. The second kappa shape index (κ2) is 4.16. The molecule has 2 heteroatoms. The number of hydrogen-bond donors (Lipinski definition) is 1. The molecule has 0 aliphatic carbocycles. The molecule has 64 valence electrons.